The summed E-state index contributed by atoms with van der Waals surface area (Å²) in [7, 11) is 0. The summed E-state index contributed by atoms with van der Waals surface area (Å²) in [5.74, 6) is -2.53. The number of nitrogens with zero attached hydrogens (tertiary/aromatic N) is 3. The third-order valence-electron chi connectivity index (χ3n) is 5.37. The number of aliphatic hydroxyl groups is 1. The first kappa shape index (κ1) is 20.4. The normalized spacial score (nSPS) is 33.3. The molecule has 0 saturated carbocycles. The molecule has 3 rings (SSSR count). The lowest BCUT2D eigenvalue weighted by Gasteiger charge is -2.46. The number of rotatable bonds is 7. The molecule has 0 radical (unpaired) electrons. The van der Waals surface area contributed by atoms with Gasteiger partial charge in [-0.25, -0.2) is 10.3 Å². The molecule has 3 heterocycles. The molecule has 0 bridgehead atoms. The van der Waals surface area contributed by atoms with Crippen molar-refractivity contribution in [1.82, 2.24) is 15.4 Å². The van der Waals surface area contributed by atoms with Crippen LogP contribution in [0.25, 0.3) is 0 Å². The molecule has 0 unspecified atom stereocenters. The lowest BCUT2D eigenvalue weighted by molar-refractivity contribution is -0.163. The van der Waals surface area contributed by atoms with Crippen LogP contribution >= 0.6 is 11.8 Å². The molecule has 0 aromatic heterocycles. The van der Waals surface area contributed by atoms with Gasteiger partial charge in [0.05, 0.1) is 24.1 Å². The predicted molar refractivity (Wildman–Crippen MR) is 101 cm³/mol. The minimum atomic E-state index is -1.17. The van der Waals surface area contributed by atoms with Crippen LogP contribution in [-0.4, -0.2) is 74.2 Å². The molecule has 0 aliphatic carbocycles. The molecule has 6 atom stereocenters. The first-order chi connectivity index (χ1) is 13.2. The molecule has 12 heteroatoms. The van der Waals surface area contributed by atoms with E-state index in [1.807, 2.05) is 6.92 Å². The number of nitrogens with two attached hydrogens (primary N) is 2. The van der Waals surface area contributed by atoms with Crippen LogP contribution < -0.4 is 17.0 Å². The van der Waals surface area contributed by atoms with Crippen molar-refractivity contribution in [2.75, 3.05) is 6.54 Å². The summed E-state index contributed by atoms with van der Waals surface area (Å²) in [5, 5.41) is 24.8. The van der Waals surface area contributed by atoms with Crippen molar-refractivity contribution in [3.8, 4) is 0 Å². The SMILES string of the molecule is C[C@@H](O)[C@H]1C(=O)N2C(C(=O)O)=C(S[C@H]3C[C@@H](C=O)N(NN=C(N)N)C3)[C@H](C)[C@H]12. The Morgan fingerprint density at radius 2 is 2.14 bits per heavy atom. The summed E-state index contributed by atoms with van der Waals surface area (Å²) >= 11 is 1.35. The molecule has 2 saturated heterocycles. The second-order valence-electron chi connectivity index (χ2n) is 7.24. The maximum Gasteiger partial charge on any atom is 0.353 e. The molecule has 3 aliphatic rings. The number of β-lactam (4-membered cyclic amide) rings is 1. The van der Waals surface area contributed by atoms with Gasteiger partial charge in [0, 0.05) is 22.6 Å². The van der Waals surface area contributed by atoms with Crippen molar-refractivity contribution < 1.29 is 24.6 Å². The number of aliphatic hydroxyl groups excluding tert-OH is 1. The van der Waals surface area contributed by atoms with Crippen molar-refractivity contribution in [3.63, 3.8) is 0 Å². The number of hydrazine groups is 1. The number of aliphatic carboxylic acids is 1. The van der Waals surface area contributed by atoms with Crippen LogP contribution in [0.15, 0.2) is 15.7 Å². The molecule has 7 N–H and O–H groups in total. The van der Waals surface area contributed by atoms with Crippen LogP contribution in [0.2, 0.25) is 0 Å². The standard InChI is InChI=1S/C16H24N6O5S/c1-6-11-10(7(2)24)14(25)22(11)12(15(26)27)13(6)28-9-3-8(5-23)21(4-9)20-19-16(17)18/h5-11,20,24H,3-4H2,1-2H3,(H,26,27)(H4,17,18,19)/t6-,7-,8+,9+,10-,11-/m1/s1. The van der Waals surface area contributed by atoms with Crippen LogP contribution in [0.4, 0.5) is 0 Å². The topological polar surface area (TPSA) is 175 Å². The van der Waals surface area contributed by atoms with Crippen molar-refractivity contribution in [3.05, 3.63) is 10.6 Å². The van der Waals surface area contributed by atoms with E-state index >= 15 is 0 Å². The Morgan fingerprint density at radius 3 is 2.68 bits per heavy atom. The second-order valence-corrected chi connectivity index (χ2v) is 8.58. The first-order valence-corrected chi connectivity index (χ1v) is 9.76. The number of thioether (sulfide) groups is 1. The molecule has 0 aromatic rings. The summed E-state index contributed by atoms with van der Waals surface area (Å²) < 4.78 is 0. The molecule has 2 fully saturated rings. The van der Waals surface area contributed by atoms with E-state index in [1.165, 1.54) is 23.6 Å². The third kappa shape index (κ3) is 3.31. The molecule has 11 nitrogen and oxygen atoms in total. The van der Waals surface area contributed by atoms with Gasteiger partial charge in [0.1, 0.15) is 12.0 Å². The van der Waals surface area contributed by atoms with Gasteiger partial charge in [0.15, 0.2) is 0 Å². The van der Waals surface area contributed by atoms with E-state index in [9.17, 15) is 24.6 Å². The fourth-order valence-electron chi connectivity index (χ4n) is 4.14. The number of amides is 1. The fraction of sp³-hybridized carbons (Fsp3) is 0.625. The number of aldehydes is 1. The molecule has 0 spiro atoms. The number of carboxylic acid groups (broad SMARTS) is 1. The molecule has 0 aromatic carbocycles. The van der Waals surface area contributed by atoms with Gasteiger partial charge in [-0.05, 0) is 13.3 Å². The largest absolute Gasteiger partial charge is 0.477 e. The average molecular weight is 412 g/mol. The second kappa shape index (κ2) is 7.60. The van der Waals surface area contributed by atoms with E-state index < -0.39 is 24.0 Å². The average Bonchev–Trinajstić information content (AvgIpc) is 3.10. The van der Waals surface area contributed by atoms with Gasteiger partial charge >= 0.3 is 5.97 Å². The smallest absolute Gasteiger partial charge is 0.353 e. The van der Waals surface area contributed by atoms with Gasteiger partial charge in [-0.1, -0.05) is 6.92 Å². The number of carboxylic acids is 1. The fourth-order valence-corrected chi connectivity index (χ4v) is 5.67. The Labute approximate surface area is 165 Å². The maximum absolute atomic E-state index is 12.4. The highest BCUT2D eigenvalue weighted by molar-refractivity contribution is 8.03. The lowest BCUT2D eigenvalue weighted by atomic mass is 9.79. The minimum Gasteiger partial charge on any atom is -0.477 e. The lowest BCUT2D eigenvalue weighted by Crippen LogP contribution is -2.63. The highest BCUT2D eigenvalue weighted by Crippen LogP contribution is 2.52. The van der Waals surface area contributed by atoms with Crippen LogP contribution in [0, 0.1) is 11.8 Å². The third-order valence-corrected chi connectivity index (χ3v) is 6.87. The highest BCUT2D eigenvalue weighted by atomic mass is 32.2. The van der Waals surface area contributed by atoms with Gasteiger partial charge in [0.2, 0.25) is 11.9 Å². The van der Waals surface area contributed by atoms with Crippen LogP contribution in [-0.2, 0) is 14.4 Å². The molecule has 28 heavy (non-hydrogen) atoms. The summed E-state index contributed by atoms with van der Waals surface area (Å²) in [6, 6.07) is -0.824. The van der Waals surface area contributed by atoms with E-state index in [-0.39, 0.29) is 34.8 Å². The number of hydrogen-bond acceptors (Lipinski definition) is 8. The van der Waals surface area contributed by atoms with Crippen molar-refractivity contribution >= 4 is 35.9 Å². The summed E-state index contributed by atoms with van der Waals surface area (Å²) in [6.07, 6.45) is 0.407. The number of nitrogens with one attached hydrogen (secondary N) is 1. The Kier molecular flexibility index (Phi) is 5.55. The summed E-state index contributed by atoms with van der Waals surface area (Å²) in [6.45, 7) is 3.81. The maximum atomic E-state index is 12.4. The van der Waals surface area contributed by atoms with Gasteiger partial charge in [-0.2, -0.15) is 5.01 Å². The molecular formula is C16H24N6O5S. The predicted octanol–water partition coefficient (Wildman–Crippen LogP) is -1.79. The Morgan fingerprint density at radius 1 is 1.46 bits per heavy atom. The number of carbonyl (C=O) groups is 3. The van der Waals surface area contributed by atoms with Crippen molar-refractivity contribution in [2.45, 2.75) is 43.7 Å². The van der Waals surface area contributed by atoms with Crippen LogP contribution in [0.5, 0.6) is 0 Å². The van der Waals surface area contributed by atoms with Gasteiger partial charge < -0.3 is 31.4 Å². The quantitative estimate of drug-likeness (QED) is 0.106. The molecule has 1 amide bonds. The van der Waals surface area contributed by atoms with E-state index in [0.717, 1.165) is 6.29 Å². The zero-order chi connectivity index (χ0) is 20.7. The van der Waals surface area contributed by atoms with E-state index in [4.69, 9.17) is 11.5 Å². The van der Waals surface area contributed by atoms with E-state index in [1.54, 1.807) is 5.01 Å². The van der Waals surface area contributed by atoms with Crippen LogP contribution in [0.3, 0.4) is 0 Å². The number of fused-ring (bicyclic) bond motifs is 1. The Hall–Kier alpha value is -2.31. The van der Waals surface area contributed by atoms with E-state index in [2.05, 4.69) is 10.6 Å². The van der Waals surface area contributed by atoms with Gasteiger partial charge in [-0.15, -0.1) is 16.9 Å². The summed E-state index contributed by atoms with van der Waals surface area (Å²) in [5.41, 5.74) is 13.2. The van der Waals surface area contributed by atoms with E-state index in [0.29, 0.717) is 17.9 Å². The molecule has 154 valence electrons. The number of hydrazone groups is 1. The minimum absolute atomic E-state index is 0.0253. The van der Waals surface area contributed by atoms with Crippen LogP contribution in [0.1, 0.15) is 20.3 Å². The zero-order valence-corrected chi connectivity index (χ0v) is 16.3. The van der Waals surface area contributed by atoms with Crippen molar-refractivity contribution in [2.24, 2.45) is 28.4 Å². The highest BCUT2D eigenvalue weighted by Gasteiger charge is 2.60. The molecular weight excluding hydrogens is 388 g/mol. The monoisotopic (exact) mass is 412 g/mol. The van der Waals surface area contributed by atoms with Gasteiger partial charge in [-0.3, -0.25) is 4.79 Å². The van der Waals surface area contributed by atoms with Crippen molar-refractivity contribution in [1.29, 1.82) is 0 Å². The Balaban J connectivity index is 1.79. The number of guanidine groups is 1. The van der Waals surface area contributed by atoms with Gasteiger partial charge in [0.25, 0.3) is 0 Å². The summed E-state index contributed by atoms with van der Waals surface area (Å²) in [4.78, 5) is 37.5. The number of carbonyl (C=O) groups excluding carboxylic acids is 2. The number of hydrogen-bond donors (Lipinski definition) is 5. The molecule has 3 aliphatic heterocycles. The first-order valence-electron chi connectivity index (χ1n) is 8.88. The Bertz CT molecular complexity index is 752. The zero-order valence-electron chi connectivity index (χ0n) is 15.5.